The Kier molecular flexibility index (Phi) is 9.57. The molecule has 7 rings (SSSR count). The lowest BCUT2D eigenvalue weighted by Gasteiger charge is -2.22. The summed E-state index contributed by atoms with van der Waals surface area (Å²) in [5.74, 6) is 1.45. The first-order valence-electron chi connectivity index (χ1n) is 15.6. The van der Waals surface area contributed by atoms with Gasteiger partial charge in [0.1, 0.15) is 68.6 Å². The Hall–Kier alpha value is -5.88. The number of hydrogen-bond acceptors (Lipinski definition) is 15. The van der Waals surface area contributed by atoms with E-state index in [2.05, 4.69) is 40.2 Å². The van der Waals surface area contributed by atoms with Gasteiger partial charge in [-0.25, -0.2) is 34.9 Å². The number of nitrogens with two attached hydrogens (primary N) is 1. The summed E-state index contributed by atoms with van der Waals surface area (Å²) < 4.78 is 57.5. The maximum atomic E-state index is 13.1. The molecule has 0 radical (unpaired) electrons. The Balaban J connectivity index is 1.13. The van der Waals surface area contributed by atoms with Crippen molar-refractivity contribution >= 4 is 54.9 Å². The maximum Gasteiger partial charge on any atom is 0.416 e. The molecule has 0 saturated heterocycles. The largest absolute Gasteiger partial charge is 0.505 e. The number of phenols is 1. The van der Waals surface area contributed by atoms with Gasteiger partial charge in [0.2, 0.25) is 5.88 Å². The van der Waals surface area contributed by atoms with E-state index in [1.807, 2.05) is 0 Å². The van der Waals surface area contributed by atoms with Crippen LogP contribution in [0, 0.1) is 13.8 Å². The van der Waals surface area contributed by atoms with Gasteiger partial charge in [0, 0.05) is 29.8 Å². The molecule has 0 aliphatic carbocycles. The van der Waals surface area contributed by atoms with Crippen molar-refractivity contribution in [1.29, 1.82) is 0 Å². The molecule has 0 saturated carbocycles. The molecule has 0 bridgehead atoms. The number of aromatic hydroxyl groups is 1. The standard InChI is InChI=1S/C34H28F3N9O4S2/c1-17-11-20(50-23-12-19(5-7-39-23)34(35,36)37)3-4-22(17)48-9-6-21-24(26-27-32(43-13-41-26)51-15-45-27)30(18(2)25(38)29(21)47)49-10-8-40-31-28-33(44-14-42-31)52-16-46-28/h3-5,7,11-16,47H,6,8-10,38H2,1-2H3,(H,40,42,44). The number of rotatable bonds is 12. The number of nitrogens with one attached hydrogen (secondary N) is 1. The van der Waals surface area contributed by atoms with Crippen LogP contribution in [0.2, 0.25) is 0 Å². The SMILES string of the molecule is Cc1cc(Oc2cc(C(F)(F)F)ccn2)ccc1OCCc1c(O)c(N)c(C)c(OCCNc2ncnc3scnc23)c1-c1ncnc2scnc12. The highest BCUT2D eigenvalue weighted by atomic mass is 32.1. The number of aromatic nitrogens is 7. The van der Waals surface area contributed by atoms with Gasteiger partial charge in [-0.3, -0.25) is 0 Å². The zero-order valence-corrected chi connectivity index (χ0v) is 29.1. The zero-order valence-electron chi connectivity index (χ0n) is 27.4. The van der Waals surface area contributed by atoms with E-state index in [1.165, 1.54) is 35.3 Å². The van der Waals surface area contributed by atoms with Crippen molar-refractivity contribution in [3.05, 3.63) is 82.5 Å². The number of nitrogens with zero attached hydrogens (tertiary/aromatic N) is 7. The summed E-state index contributed by atoms with van der Waals surface area (Å²) in [4.78, 5) is 31.6. The Bertz CT molecular complexity index is 2410. The lowest BCUT2D eigenvalue weighted by atomic mass is 9.94. The molecule has 52 heavy (non-hydrogen) atoms. The fraction of sp³-hybridized carbons (Fsp3) is 0.206. The summed E-state index contributed by atoms with van der Waals surface area (Å²) in [7, 11) is 0. The number of phenolic OH excluding ortho intramolecular Hbond substituents is 1. The van der Waals surface area contributed by atoms with E-state index in [-0.39, 0.29) is 42.7 Å². The molecule has 13 nitrogen and oxygen atoms in total. The van der Waals surface area contributed by atoms with E-state index in [9.17, 15) is 18.3 Å². The Morgan fingerprint density at radius 2 is 1.62 bits per heavy atom. The number of thiazole rings is 2. The first-order chi connectivity index (χ1) is 25.1. The number of fused-ring (bicyclic) bond motifs is 2. The van der Waals surface area contributed by atoms with Gasteiger partial charge in [-0.15, -0.1) is 22.7 Å². The number of ether oxygens (including phenoxy) is 3. The second-order valence-corrected chi connectivity index (χ2v) is 13.0. The monoisotopic (exact) mass is 747 g/mol. The first-order valence-corrected chi connectivity index (χ1v) is 17.4. The van der Waals surface area contributed by atoms with Crippen LogP contribution in [0.4, 0.5) is 24.7 Å². The van der Waals surface area contributed by atoms with Crippen molar-refractivity contribution in [3.8, 4) is 40.1 Å². The van der Waals surface area contributed by atoms with Crippen LogP contribution < -0.4 is 25.3 Å². The number of hydrogen-bond donors (Lipinski definition) is 3. The third kappa shape index (κ3) is 7.02. The van der Waals surface area contributed by atoms with Crippen LogP contribution in [0.5, 0.6) is 28.9 Å². The van der Waals surface area contributed by atoms with Crippen molar-refractivity contribution in [2.45, 2.75) is 26.4 Å². The molecule has 0 aliphatic rings. The van der Waals surface area contributed by atoms with Gasteiger partial charge in [0.05, 0.1) is 41.0 Å². The van der Waals surface area contributed by atoms with Crippen LogP contribution in [-0.4, -0.2) is 59.8 Å². The molecule has 2 aromatic carbocycles. The number of nitrogen functional groups attached to an aromatic ring is 1. The van der Waals surface area contributed by atoms with Gasteiger partial charge < -0.3 is 30.4 Å². The maximum absolute atomic E-state index is 13.1. The molecule has 266 valence electrons. The van der Waals surface area contributed by atoms with E-state index in [1.54, 1.807) is 43.1 Å². The quantitative estimate of drug-likeness (QED) is 0.0642. The number of alkyl halides is 3. The number of halogens is 3. The van der Waals surface area contributed by atoms with E-state index in [0.717, 1.165) is 23.2 Å². The van der Waals surface area contributed by atoms with Gasteiger partial charge in [-0.05, 0) is 43.7 Å². The van der Waals surface area contributed by atoms with Gasteiger partial charge in [0.15, 0.2) is 5.82 Å². The molecule has 0 amide bonds. The Labute approximate surface area is 301 Å². The molecule has 0 spiro atoms. The van der Waals surface area contributed by atoms with Crippen LogP contribution in [0.1, 0.15) is 22.3 Å². The van der Waals surface area contributed by atoms with Crippen molar-refractivity contribution in [3.63, 3.8) is 0 Å². The zero-order chi connectivity index (χ0) is 36.4. The van der Waals surface area contributed by atoms with Crippen LogP contribution in [0.25, 0.3) is 32.0 Å². The number of pyridine rings is 1. The fourth-order valence-corrected chi connectivity index (χ4v) is 6.73. The number of anilines is 2. The molecule has 5 heterocycles. The highest BCUT2D eigenvalue weighted by molar-refractivity contribution is 7.16. The smallest absolute Gasteiger partial charge is 0.416 e. The second kappa shape index (κ2) is 14.4. The number of aryl methyl sites for hydroxylation is 1. The van der Waals surface area contributed by atoms with Crippen molar-refractivity contribution < 1.29 is 32.5 Å². The van der Waals surface area contributed by atoms with Crippen LogP contribution >= 0.6 is 22.7 Å². The average Bonchev–Trinajstić information content (AvgIpc) is 3.82. The van der Waals surface area contributed by atoms with Gasteiger partial charge in [-0.2, -0.15) is 13.2 Å². The molecule has 18 heteroatoms. The predicted molar refractivity (Wildman–Crippen MR) is 190 cm³/mol. The van der Waals surface area contributed by atoms with Gasteiger partial charge >= 0.3 is 6.18 Å². The van der Waals surface area contributed by atoms with Crippen molar-refractivity contribution in [2.75, 3.05) is 30.8 Å². The van der Waals surface area contributed by atoms with Crippen LogP contribution in [-0.2, 0) is 12.6 Å². The minimum Gasteiger partial charge on any atom is -0.505 e. The molecule has 0 fully saturated rings. The molecule has 0 aliphatic heterocycles. The summed E-state index contributed by atoms with van der Waals surface area (Å²) in [5.41, 5.74) is 12.9. The third-order valence-electron chi connectivity index (χ3n) is 8.00. The van der Waals surface area contributed by atoms with E-state index in [4.69, 9.17) is 19.9 Å². The molecular formula is C34H28F3N9O4S2. The minimum absolute atomic E-state index is 0.100. The first kappa shape index (κ1) is 34.6. The summed E-state index contributed by atoms with van der Waals surface area (Å²) >= 11 is 2.77. The second-order valence-electron chi connectivity index (χ2n) is 11.3. The lowest BCUT2D eigenvalue weighted by Crippen LogP contribution is -2.15. The molecule has 4 N–H and O–H groups in total. The summed E-state index contributed by atoms with van der Waals surface area (Å²) in [6, 6.07) is 6.55. The molecule has 5 aromatic heterocycles. The van der Waals surface area contributed by atoms with Gasteiger partial charge in [0.25, 0.3) is 0 Å². The van der Waals surface area contributed by atoms with Crippen LogP contribution in [0.15, 0.2) is 60.2 Å². The molecule has 0 unspecified atom stereocenters. The van der Waals surface area contributed by atoms with Crippen molar-refractivity contribution in [1.82, 2.24) is 34.9 Å². The fourth-order valence-electron chi connectivity index (χ4n) is 5.48. The Morgan fingerprint density at radius 1 is 0.865 bits per heavy atom. The van der Waals surface area contributed by atoms with E-state index < -0.39 is 11.7 Å². The summed E-state index contributed by atoms with van der Waals surface area (Å²) in [6.07, 6.45) is -0.401. The van der Waals surface area contributed by atoms with Gasteiger partial charge in [-0.1, -0.05) is 0 Å². The Morgan fingerprint density at radius 3 is 2.38 bits per heavy atom. The number of benzene rings is 2. The van der Waals surface area contributed by atoms with E-state index >= 15 is 0 Å². The van der Waals surface area contributed by atoms with E-state index in [0.29, 0.717) is 67.7 Å². The minimum atomic E-state index is -4.53. The van der Waals surface area contributed by atoms with Crippen LogP contribution in [0.3, 0.4) is 0 Å². The lowest BCUT2D eigenvalue weighted by molar-refractivity contribution is -0.137. The highest BCUT2D eigenvalue weighted by Crippen LogP contribution is 2.46. The highest BCUT2D eigenvalue weighted by Gasteiger charge is 2.31. The molecule has 7 aromatic rings. The summed E-state index contributed by atoms with van der Waals surface area (Å²) in [5, 5.41) is 14.7. The molecule has 0 atom stereocenters. The normalized spacial score (nSPS) is 11.6. The van der Waals surface area contributed by atoms with Crippen molar-refractivity contribution in [2.24, 2.45) is 0 Å². The summed E-state index contributed by atoms with van der Waals surface area (Å²) in [6.45, 7) is 4.18. The third-order valence-corrected chi connectivity index (χ3v) is 9.47. The molecular weight excluding hydrogens is 720 g/mol. The predicted octanol–water partition coefficient (Wildman–Crippen LogP) is 7.38. The average molecular weight is 748 g/mol. The topological polar surface area (TPSA) is 176 Å².